The summed E-state index contributed by atoms with van der Waals surface area (Å²) in [5.41, 5.74) is 17.5. The zero-order valence-electron chi connectivity index (χ0n) is 27.4. The highest BCUT2D eigenvalue weighted by atomic mass is 15.2. The molecule has 7 aromatic carbocycles. The van der Waals surface area contributed by atoms with E-state index in [2.05, 4.69) is 184 Å². The standard InChI is InChI=1S/C46H34N4/c47-46(32-15-5-2-6-16-32)48(30-31-13-3-1-4-14-31)34-24-26-35(27-25-34)49-41-21-11-10-20-39(41)40-28-23-33-29-43-38-19-8-7-17-36(38)37-18-9-12-22-42(37)50(43)44(33)45(40)49/h1-29,46H,30,47H2. The third-order valence-corrected chi connectivity index (χ3v) is 10.3. The summed E-state index contributed by atoms with van der Waals surface area (Å²) in [6, 6.07) is 63.2. The van der Waals surface area contributed by atoms with E-state index in [0.29, 0.717) is 6.54 Å². The van der Waals surface area contributed by atoms with Crippen molar-refractivity contribution in [3.05, 3.63) is 187 Å². The van der Waals surface area contributed by atoms with Crippen LogP contribution in [0.25, 0.3) is 65.6 Å². The van der Waals surface area contributed by atoms with Crippen LogP contribution in [0.2, 0.25) is 0 Å². The van der Waals surface area contributed by atoms with Crippen LogP contribution in [-0.2, 0) is 6.54 Å². The number of nitrogens with zero attached hydrogens (tertiary/aromatic N) is 3. The molecule has 0 aliphatic rings. The number of fused-ring (bicyclic) bond motifs is 12. The number of para-hydroxylation sites is 2. The van der Waals surface area contributed by atoms with Crippen LogP contribution in [0.4, 0.5) is 5.69 Å². The first-order valence-corrected chi connectivity index (χ1v) is 17.2. The fourth-order valence-electron chi connectivity index (χ4n) is 8.05. The van der Waals surface area contributed by atoms with Crippen molar-refractivity contribution in [2.75, 3.05) is 4.90 Å². The van der Waals surface area contributed by atoms with Crippen molar-refractivity contribution < 1.29 is 0 Å². The minimum Gasteiger partial charge on any atom is -0.348 e. The van der Waals surface area contributed by atoms with Crippen LogP contribution in [0, 0.1) is 0 Å². The Hall–Kier alpha value is -6.36. The normalized spacial score (nSPS) is 12.5. The van der Waals surface area contributed by atoms with E-state index in [0.717, 1.165) is 16.9 Å². The van der Waals surface area contributed by atoms with Gasteiger partial charge in [-0.25, -0.2) is 0 Å². The lowest BCUT2D eigenvalue weighted by molar-refractivity contribution is 0.643. The molecule has 1 atom stereocenters. The van der Waals surface area contributed by atoms with Gasteiger partial charge in [0.05, 0.1) is 27.6 Å². The second-order valence-corrected chi connectivity index (χ2v) is 13.2. The molecular weight excluding hydrogens is 609 g/mol. The van der Waals surface area contributed by atoms with Crippen LogP contribution in [0.3, 0.4) is 0 Å². The maximum atomic E-state index is 7.01. The Bertz CT molecular complexity index is 2850. The monoisotopic (exact) mass is 642 g/mol. The third kappa shape index (κ3) is 4.36. The summed E-state index contributed by atoms with van der Waals surface area (Å²) >= 11 is 0. The molecule has 50 heavy (non-hydrogen) atoms. The lowest BCUT2D eigenvalue weighted by atomic mass is 10.1. The van der Waals surface area contributed by atoms with Crippen LogP contribution in [0.15, 0.2) is 176 Å². The summed E-state index contributed by atoms with van der Waals surface area (Å²) in [4.78, 5) is 2.29. The van der Waals surface area contributed by atoms with E-state index in [1.165, 1.54) is 65.5 Å². The SMILES string of the molecule is NC(c1ccccc1)N(Cc1ccccc1)c1ccc(-n2c3ccccc3c3ccc4cc5c6ccccc6c6ccccc6n5c4c32)cc1. The quantitative estimate of drug-likeness (QED) is 0.145. The largest absolute Gasteiger partial charge is 0.348 e. The Morgan fingerprint density at radius 1 is 0.480 bits per heavy atom. The van der Waals surface area contributed by atoms with Crippen LogP contribution in [0.5, 0.6) is 0 Å². The molecular formula is C46H34N4. The van der Waals surface area contributed by atoms with Crippen LogP contribution in [0.1, 0.15) is 17.3 Å². The molecule has 0 spiro atoms. The second kappa shape index (κ2) is 11.4. The number of benzene rings is 7. The highest BCUT2D eigenvalue weighted by Crippen LogP contribution is 2.41. The zero-order chi connectivity index (χ0) is 33.2. The summed E-state index contributed by atoms with van der Waals surface area (Å²) in [7, 11) is 0. The van der Waals surface area contributed by atoms with E-state index in [4.69, 9.17) is 5.73 Å². The number of rotatable bonds is 6. The molecule has 3 aromatic heterocycles. The number of hydrogen-bond acceptors (Lipinski definition) is 2. The molecule has 0 amide bonds. The Kier molecular flexibility index (Phi) is 6.51. The fourth-order valence-corrected chi connectivity index (χ4v) is 8.05. The molecule has 0 bridgehead atoms. The predicted molar refractivity (Wildman–Crippen MR) is 210 cm³/mol. The molecule has 0 saturated heterocycles. The van der Waals surface area contributed by atoms with E-state index in [1.54, 1.807) is 0 Å². The van der Waals surface area contributed by atoms with Crippen LogP contribution >= 0.6 is 0 Å². The highest BCUT2D eigenvalue weighted by molar-refractivity contribution is 6.22. The lowest BCUT2D eigenvalue weighted by Crippen LogP contribution is -2.34. The number of aromatic nitrogens is 2. The van der Waals surface area contributed by atoms with E-state index >= 15 is 0 Å². The third-order valence-electron chi connectivity index (χ3n) is 10.3. The van der Waals surface area contributed by atoms with Gasteiger partial charge in [0.2, 0.25) is 0 Å². The van der Waals surface area contributed by atoms with E-state index in [9.17, 15) is 0 Å². The Balaban J connectivity index is 1.22. The Morgan fingerprint density at radius 3 is 1.78 bits per heavy atom. The van der Waals surface area contributed by atoms with Gasteiger partial charge in [0.15, 0.2) is 0 Å². The Morgan fingerprint density at radius 2 is 1.06 bits per heavy atom. The molecule has 10 rings (SSSR count). The molecule has 10 aromatic rings. The smallest absolute Gasteiger partial charge is 0.104 e. The molecule has 0 aliphatic heterocycles. The Labute approximate surface area is 289 Å². The number of anilines is 1. The van der Waals surface area contributed by atoms with Crippen molar-refractivity contribution in [3.8, 4) is 5.69 Å². The van der Waals surface area contributed by atoms with Gasteiger partial charge in [-0.2, -0.15) is 0 Å². The molecule has 0 radical (unpaired) electrons. The van der Waals surface area contributed by atoms with Gasteiger partial charge in [-0.1, -0.05) is 133 Å². The lowest BCUT2D eigenvalue weighted by Gasteiger charge is -2.32. The fraction of sp³-hybridized carbons (Fsp3) is 0.0435. The van der Waals surface area contributed by atoms with Gasteiger partial charge in [0.1, 0.15) is 6.17 Å². The first-order valence-electron chi connectivity index (χ1n) is 17.2. The van der Waals surface area contributed by atoms with E-state index in [-0.39, 0.29) is 6.17 Å². The van der Waals surface area contributed by atoms with Crippen molar-refractivity contribution in [2.45, 2.75) is 12.7 Å². The van der Waals surface area contributed by atoms with Crippen molar-refractivity contribution in [1.29, 1.82) is 0 Å². The minimum atomic E-state index is -0.301. The first kappa shape index (κ1) is 28.6. The van der Waals surface area contributed by atoms with E-state index in [1.807, 2.05) is 6.07 Å². The second-order valence-electron chi connectivity index (χ2n) is 13.2. The summed E-state index contributed by atoms with van der Waals surface area (Å²) in [6.45, 7) is 0.698. The van der Waals surface area contributed by atoms with Gasteiger partial charge in [0.25, 0.3) is 0 Å². The average Bonchev–Trinajstić information content (AvgIpc) is 3.74. The van der Waals surface area contributed by atoms with Crippen molar-refractivity contribution >= 4 is 65.6 Å². The molecule has 238 valence electrons. The summed E-state index contributed by atoms with van der Waals surface area (Å²) in [5.74, 6) is 0. The summed E-state index contributed by atoms with van der Waals surface area (Å²) in [6.07, 6.45) is -0.301. The summed E-state index contributed by atoms with van der Waals surface area (Å²) in [5, 5.41) is 7.50. The van der Waals surface area contributed by atoms with Gasteiger partial charge in [-0.05, 0) is 59.0 Å². The first-order chi connectivity index (χ1) is 24.7. The van der Waals surface area contributed by atoms with Crippen LogP contribution < -0.4 is 10.6 Å². The van der Waals surface area contributed by atoms with Crippen molar-refractivity contribution in [2.24, 2.45) is 5.73 Å². The topological polar surface area (TPSA) is 38.6 Å². The van der Waals surface area contributed by atoms with E-state index < -0.39 is 0 Å². The molecule has 0 aliphatic carbocycles. The number of hydrogen-bond donors (Lipinski definition) is 1. The highest BCUT2D eigenvalue weighted by Gasteiger charge is 2.21. The summed E-state index contributed by atoms with van der Waals surface area (Å²) < 4.78 is 4.94. The molecule has 0 saturated carbocycles. The number of nitrogens with two attached hydrogens (primary N) is 1. The van der Waals surface area contributed by atoms with Crippen LogP contribution in [-0.4, -0.2) is 8.97 Å². The maximum absolute atomic E-state index is 7.01. The van der Waals surface area contributed by atoms with Crippen molar-refractivity contribution in [1.82, 2.24) is 8.97 Å². The average molecular weight is 643 g/mol. The zero-order valence-corrected chi connectivity index (χ0v) is 27.4. The maximum Gasteiger partial charge on any atom is 0.104 e. The van der Waals surface area contributed by atoms with Gasteiger partial charge in [-0.3, -0.25) is 0 Å². The van der Waals surface area contributed by atoms with Gasteiger partial charge >= 0.3 is 0 Å². The molecule has 3 heterocycles. The van der Waals surface area contributed by atoms with Crippen molar-refractivity contribution in [3.63, 3.8) is 0 Å². The van der Waals surface area contributed by atoms with Gasteiger partial charge < -0.3 is 19.6 Å². The molecule has 0 fully saturated rings. The van der Waals surface area contributed by atoms with Gasteiger partial charge in [-0.15, -0.1) is 0 Å². The van der Waals surface area contributed by atoms with Gasteiger partial charge in [0, 0.05) is 44.9 Å². The number of pyridine rings is 1. The predicted octanol–water partition coefficient (Wildman–Crippen LogP) is 11.2. The minimum absolute atomic E-state index is 0.301. The molecule has 4 nitrogen and oxygen atoms in total. The molecule has 4 heteroatoms. The molecule has 1 unspecified atom stereocenters. The molecule has 2 N–H and O–H groups in total.